The molecule has 1 atom stereocenters. The Balaban J connectivity index is 2.51. The van der Waals surface area contributed by atoms with E-state index in [4.69, 9.17) is 4.74 Å². The van der Waals surface area contributed by atoms with Gasteiger partial charge < -0.3 is 15.2 Å². The van der Waals surface area contributed by atoms with Crippen molar-refractivity contribution in [3.8, 4) is 5.75 Å². The van der Waals surface area contributed by atoms with E-state index in [1.54, 1.807) is 6.92 Å². The highest BCUT2D eigenvalue weighted by atomic mass is 16.5. The van der Waals surface area contributed by atoms with Crippen LogP contribution < -0.4 is 10.1 Å². The maximum Gasteiger partial charge on any atom is 0.224 e. The zero-order valence-corrected chi connectivity index (χ0v) is 14.3. The third-order valence-corrected chi connectivity index (χ3v) is 3.25. The number of nitrogens with one attached hydrogen (secondary N) is 1. The topological polar surface area (TPSA) is 58.6 Å². The minimum Gasteiger partial charge on any atom is -0.491 e. The lowest BCUT2D eigenvalue weighted by Gasteiger charge is -2.26. The molecule has 1 rings (SSSR count). The summed E-state index contributed by atoms with van der Waals surface area (Å²) in [6, 6.07) is 7.62. The quantitative estimate of drug-likeness (QED) is 0.776. The maximum atomic E-state index is 12.1. The van der Waals surface area contributed by atoms with E-state index in [2.05, 4.69) is 5.32 Å². The molecule has 0 aliphatic heterocycles. The fourth-order valence-corrected chi connectivity index (χ4v) is 2.46. The molecule has 0 aliphatic carbocycles. The number of ether oxygens (including phenoxy) is 1. The summed E-state index contributed by atoms with van der Waals surface area (Å²) in [7, 11) is 0. The summed E-state index contributed by atoms with van der Waals surface area (Å²) >= 11 is 0. The number of aliphatic hydroxyl groups excluding tert-OH is 1. The van der Waals surface area contributed by atoms with Gasteiger partial charge in [-0.3, -0.25) is 4.79 Å². The summed E-state index contributed by atoms with van der Waals surface area (Å²) < 4.78 is 5.63. The molecule has 0 aromatic heterocycles. The van der Waals surface area contributed by atoms with Crippen molar-refractivity contribution in [1.82, 2.24) is 5.32 Å². The van der Waals surface area contributed by atoms with E-state index in [9.17, 15) is 9.90 Å². The first kappa shape index (κ1) is 18.5. The molecule has 0 saturated carbocycles. The van der Waals surface area contributed by atoms with Crippen LogP contribution in [-0.2, 0) is 11.2 Å². The van der Waals surface area contributed by atoms with Crippen molar-refractivity contribution < 1.29 is 14.6 Å². The minimum absolute atomic E-state index is 0.0136. The van der Waals surface area contributed by atoms with Crippen LogP contribution in [0.4, 0.5) is 0 Å². The van der Waals surface area contributed by atoms with Gasteiger partial charge in [-0.15, -0.1) is 0 Å². The van der Waals surface area contributed by atoms with E-state index in [-0.39, 0.29) is 23.5 Å². The third kappa shape index (κ3) is 7.46. The molecule has 2 N–H and O–H groups in total. The average molecular weight is 307 g/mol. The Labute approximate surface area is 133 Å². The Kier molecular flexibility index (Phi) is 6.88. The monoisotopic (exact) mass is 307 g/mol. The van der Waals surface area contributed by atoms with Crippen molar-refractivity contribution in [3.05, 3.63) is 29.8 Å². The predicted octanol–water partition coefficient (Wildman–Crippen LogP) is 2.93. The molecule has 4 heteroatoms. The van der Waals surface area contributed by atoms with Gasteiger partial charge in [0.05, 0.1) is 18.6 Å². The van der Waals surface area contributed by atoms with E-state index in [0.717, 1.165) is 11.3 Å². The van der Waals surface area contributed by atoms with Crippen LogP contribution in [0.2, 0.25) is 0 Å². The molecule has 0 radical (unpaired) electrons. The molecule has 22 heavy (non-hydrogen) atoms. The first-order valence-corrected chi connectivity index (χ1v) is 7.88. The summed E-state index contributed by atoms with van der Waals surface area (Å²) in [4.78, 5) is 12.1. The molecular formula is C18H29NO3. The Morgan fingerprint density at radius 3 is 2.59 bits per heavy atom. The van der Waals surface area contributed by atoms with E-state index in [1.807, 2.05) is 52.0 Å². The zero-order valence-electron chi connectivity index (χ0n) is 14.3. The molecule has 1 aromatic rings. The van der Waals surface area contributed by atoms with Gasteiger partial charge in [-0.1, -0.05) is 26.0 Å². The van der Waals surface area contributed by atoms with Crippen LogP contribution in [0, 0.1) is 5.41 Å². The predicted molar refractivity (Wildman–Crippen MR) is 89.0 cm³/mol. The van der Waals surface area contributed by atoms with Crippen molar-refractivity contribution >= 4 is 5.91 Å². The zero-order chi connectivity index (χ0) is 16.8. The van der Waals surface area contributed by atoms with Crippen LogP contribution in [-0.4, -0.2) is 29.8 Å². The van der Waals surface area contributed by atoms with Gasteiger partial charge in [0.2, 0.25) is 5.91 Å². The highest BCUT2D eigenvalue weighted by Gasteiger charge is 2.21. The highest BCUT2D eigenvalue weighted by Crippen LogP contribution is 2.21. The Morgan fingerprint density at radius 1 is 1.32 bits per heavy atom. The van der Waals surface area contributed by atoms with Gasteiger partial charge in [0.25, 0.3) is 0 Å². The molecular weight excluding hydrogens is 278 g/mol. The summed E-state index contributed by atoms with van der Waals surface area (Å²) in [5, 5.41) is 12.4. The molecule has 0 aliphatic rings. The lowest BCUT2D eigenvalue weighted by atomic mass is 9.87. The molecule has 0 fully saturated rings. The molecule has 1 aromatic carbocycles. The minimum atomic E-state index is -0.364. The molecule has 0 saturated heterocycles. The molecule has 1 amide bonds. The second-order valence-electron chi connectivity index (χ2n) is 6.98. The molecule has 124 valence electrons. The van der Waals surface area contributed by atoms with Gasteiger partial charge in [0.15, 0.2) is 0 Å². The van der Waals surface area contributed by atoms with Crippen molar-refractivity contribution in [1.29, 1.82) is 0 Å². The molecule has 0 bridgehead atoms. The van der Waals surface area contributed by atoms with Gasteiger partial charge in [-0.25, -0.2) is 0 Å². The van der Waals surface area contributed by atoms with Crippen molar-refractivity contribution in [3.63, 3.8) is 0 Å². The second-order valence-corrected chi connectivity index (χ2v) is 6.98. The normalized spacial score (nSPS) is 13.0. The maximum absolute atomic E-state index is 12.1. The first-order chi connectivity index (χ1) is 10.2. The number of hydrogen-bond donors (Lipinski definition) is 2. The van der Waals surface area contributed by atoms with Gasteiger partial charge in [-0.2, -0.15) is 0 Å². The van der Waals surface area contributed by atoms with E-state index < -0.39 is 0 Å². The van der Waals surface area contributed by atoms with Crippen LogP contribution >= 0.6 is 0 Å². The SMILES string of the molecule is CC(O)CC(C)(C)CNC(=O)Cc1cccc(OC(C)C)c1. The lowest BCUT2D eigenvalue weighted by molar-refractivity contribution is -0.121. The van der Waals surface area contributed by atoms with Crippen LogP contribution in [0.15, 0.2) is 24.3 Å². The smallest absolute Gasteiger partial charge is 0.224 e. The van der Waals surface area contributed by atoms with E-state index in [0.29, 0.717) is 19.4 Å². The van der Waals surface area contributed by atoms with Crippen LogP contribution in [0.1, 0.15) is 46.6 Å². The number of rotatable bonds is 8. The third-order valence-electron chi connectivity index (χ3n) is 3.25. The van der Waals surface area contributed by atoms with Crippen molar-refractivity contribution in [2.45, 2.75) is 59.7 Å². The number of carbonyl (C=O) groups is 1. The fourth-order valence-electron chi connectivity index (χ4n) is 2.46. The Morgan fingerprint density at radius 2 is 2.00 bits per heavy atom. The van der Waals surface area contributed by atoms with Gasteiger partial charge in [0.1, 0.15) is 5.75 Å². The van der Waals surface area contributed by atoms with Crippen molar-refractivity contribution in [2.75, 3.05) is 6.54 Å². The standard InChI is InChI=1S/C18H29NO3/c1-13(2)22-16-8-6-7-15(9-16)10-17(21)19-12-18(4,5)11-14(3)20/h6-9,13-14,20H,10-12H2,1-5H3,(H,19,21). The molecule has 1 unspecified atom stereocenters. The summed E-state index contributed by atoms with van der Waals surface area (Å²) in [5.41, 5.74) is 0.816. The largest absolute Gasteiger partial charge is 0.491 e. The number of hydrogen-bond acceptors (Lipinski definition) is 3. The van der Waals surface area contributed by atoms with Gasteiger partial charge in [-0.05, 0) is 50.3 Å². The van der Waals surface area contributed by atoms with Crippen LogP contribution in [0.5, 0.6) is 5.75 Å². The van der Waals surface area contributed by atoms with Crippen LogP contribution in [0.25, 0.3) is 0 Å². The number of carbonyl (C=O) groups excluding carboxylic acids is 1. The highest BCUT2D eigenvalue weighted by molar-refractivity contribution is 5.78. The molecule has 0 spiro atoms. The summed E-state index contributed by atoms with van der Waals surface area (Å²) in [5.74, 6) is 0.773. The molecule has 4 nitrogen and oxygen atoms in total. The van der Waals surface area contributed by atoms with E-state index >= 15 is 0 Å². The van der Waals surface area contributed by atoms with Crippen LogP contribution in [0.3, 0.4) is 0 Å². The number of amides is 1. The summed E-state index contributed by atoms with van der Waals surface area (Å²) in [6.07, 6.45) is 0.743. The second kappa shape index (κ2) is 8.18. The number of aliphatic hydroxyl groups is 1. The average Bonchev–Trinajstić information content (AvgIpc) is 2.34. The fraction of sp³-hybridized carbons (Fsp3) is 0.611. The summed E-state index contributed by atoms with van der Waals surface area (Å²) in [6.45, 7) is 10.4. The molecule has 0 heterocycles. The first-order valence-electron chi connectivity index (χ1n) is 7.88. The van der Waals surface area contributed by atoms with Crippen molar-refractivity contribution in [2.24, 2.45) is 5.41 Å². The lowest BCUT2D eigenvalue weighted by Crippen LogP contribution is -2.36. The Bertz CT molecular complexity index is 481. The Hall–Kier alpha value is -1.55. The van der Waals surface area contributed by atoms with Gasteiger partial charge >= 0.3 is 0 Å². The van der Waals surface area contributed by atoms with Gasteiger partial charge in [0, 0.05) is 6.54 Å². The number of benzene rings is 1. The van der Waals surface area contributed by atoms with E-state index in [1.165, 1.54) is 0 Å².